The number of carbonyl (C=O) groups excluding carboxylic acids is 1. The van der Waals surface area contributed by atoms with Crippen LogP contribution in [0.2, 0.25) is 0 Å². The molecular formula is C17H20F3N5O2. The van der Waals surface area contributed by atoms with E-state index in [0.29, 0.717) is 25.6 Å². The summed E-state index contributed by atoms with van der Waals surface area (Å²) >= 11 is 0. The maximum absolute atomic E-state index is 12.9. The van der Waals surface area contributed by atoms with Gasteiger partial charge in [-0.2, -0.15) is 18.3 Å². The second-order valence-electron chi connectivity index (χ2n) is 6.82. The summed E-state index contributed by atoms with van der Waals surface area (Å²) in [7, 11) is 0. The van der Waals surface area contributed by atoms with E-state index in [2.05, 4.69) is 15.1 Å². The zero-order valence-electron chi connectivity index (χ0n) is 14.9. The van der Waals surface area contributed by atoms with E-state index in [1.807, 2.05) is 13.0 Å². The molecule has 1 amide bonds. The number of nitrogens with zero attached hydrogens (tertiary/aromatic N) is 5. The third-order valence-corrected chi connectivity index (χ3v) is 4.83. The van der Waals surface area contributed by atoms with E-state index in [1.165, 1.54) is 0 Å². The van der Waals surface area contributed by atoms with Crippen LogP contribution in [-0.4, -0.2) is 60.5 Å². The highest BCUT2D eigenvalue weighted by atomic mass is 19.4. The van der Waals surface area contributed by atoms with Gasteiger partial charge in [0.25, 0.3) is 5.91 Å². The minimum absolute atomic E-state index is 0.00971. The van der Waals surface area contributed by atoms with Gasteiger partial charge in [0.05, 0.1) is 18.1 Å². The molecule has 3 heterocycles. The predicted octanol–water partition coefficient (Wildman–Crippen LogP) is 1.99. The van der Waals surface area contributed by atoms with Gasteiger partial charge in [-0.25, -0.2) is 9.67 Å². The number of aryl methyl sites for hydroxylation is 1. The van der Waals surface area contributed by atoms with Crippen molar-refractivity contribution in [3.8, 4) is 5.82 Å². The van der Waals surface area contributed by atoms with Crippen molar-refractivity contribution in [3.05, 3.63) is 36.0 Å². The average Bonchev–Trinajstić information content (AvgIpc) is 3.10. The molecule has 3 rings (SSSR count). The zero-order chi connectivity index (χ0) is 19.8. The van der Waals surface area contributed by atoms with Crippen LogP contribution in [-0.2, 0) is 4.79 Å². The maximum Gasteiger partial charge on any atom is 0.426 e. The number of piperidine rings is 1. The second kappa shape index (κ2) is 6.91. The first kappa shape index (κ1) is 19.3. The summed E-state index contributed by atoms with van der Waals surface area (Å²) in [5.74, 6) is -0.749. The van der Waals surface area contributed by atoms with Gasteiger partial charge >= 0.3 is 6.18 Å². The lowest BCUT2D eigenvalue weighted by atomic mass is 9.92. The van der Waals surface area contributed by atoms with Gasteiger partial charge in [-0.3, -0.25) is 9.78 Å². The molecule has 1 atom stereocenters. The Labute approximate surface area is 153 Å². The third-order valence-electron chi connectivity index (χ3n) is 4.83. The maximum atomic E-state index is 12.9. The van der Waals surface area contributed by atoms with E-state index in [4.69, 9.17) is 0 Å². The number of alkyl halides is 3. The molecule has 1 saturated heterocycles. The molecule has 2 aromatic heterocycles. The quantitative estimate of drug-likeness (QED) is 0.876. The molecule has 1 aliphatic heterocycles. The Bertz CT molecular complexity index is 809. The molecule has 146 valence electrons. The first-order valence-electron chi connectivity index (χ1n) is 8.52. The normalized spacial score (nSPS) is 18.4. The topological polar surface area (TPSA) is 84.1 Å². The third kappa shape index (κ3) is 3.66. The highest BCUT2D eigenvalue weighted by molar-refractivity contribution is 5.85. The van der Waals surface area contributed by atoms with Gasteiger partial charge in [0.2, 0.25) is 5.60 Å². The van der Waals surface area contributed by atoms with Gasteiger partial charge in [-0.1, -0.05) is 0 Å². The molecule has 1 fully saturated rings. The van der Waals surface area contributed by atoms with Crippen molar-refractivity contribution in [2.24, 2.45) is 0 Å². The van der Waals surface area contributed by atoms with Crippen molar-refractivity contribution >= 4 is 5.91 Å². The van der Waals surface area contributed by atoms with Gasteiger partial charge in [0, 0.05) is 30.9 Å². The molecule has 1 aliphatic rings. The fourth-order valence-corrected chi connectivity index (χ4v) is 3.12. The van der Waals surface area contributed by atoms with Crippen LogP contribution in [0.25, 0.3) is 5.82 Å². The second-order valence-corrected chi connectivity index (χ2v) is 6.82. The largest absolute Gasteiger partial charge is 0.426 e. The van der Waals surface area contributed by atoms with Crippen molar-refractivity contribution < 1.29 is 23.1 Å². The molecule has 0 aliphatic carbocycles. The summed E-state index contributed by atoms with van der Waals surface area (Å²) in [6.45, 7) is 2.57. The molecule has 2 aromatic rings. The number of hydrogen-bond donors (Lipinski definition) is 1. The number of rotatable bonds is 3. The molecule has 1 unspecified atom stereocenters. The Morgan fingerprint density at radius 2 is 1.89 bits per heavy atom. The summed E-state index contributed by atoms with van der Waals surface area (Å²) in [6, 6.07) is 1.83. The van der Waals surface area contributed by atoms with Gasteiger partial charge < -0.3 is 10.0 Å². The van der Waals surface area contributed by atoms with E-state index < -0.39 is 17.7 Å². The van der Waals surface area contributed by atoms with E-state index in [0.717, 1.165) is 16.3 Å². The predicted molar refractivity (Wildman–Crippen MR) is 89.1 cm³/mol. The molecule has 10 heteroatoms. The summed E-state index contributed by atoms with van der Waals surface area (Å²) in [5, 5.41) is 13.9. The summed E-state index contributed by atoms with van der Waals surface area (Å²) < 4.78 is 40.3. The molecule has 1 N–H and O–H groups in total. The molecule has 7 nitrogen and oxygen atoms in total. The first-order valence-corrected chi connectivity index (χ1v) is 8.52. The van der Waals surface area contributed by atoms with Crippen molar-refractivity contribution in [3.63, 3.8) is 0 Å². The molecule has 0 bridgehead atoms. The van der Waals surface area contributed by atoms with Crippen molar-refractivity contribution in [2.45, 2.75) is 44.4 Å². The van der Waals surface area contributed by atoms with Crippen molar-refractivity contribution in [1.29, 1.82) is 0 Å². The van der Waals surface area contributed by atoms with Gasteiger partial charge in [0.1, 0.15) is 0 Å². The Kier molecular flexibility index (Phi) is 4.94. The molecular weight excluding hydrogens is 363 g/mol. The van der Waals surface area contributed by atoms with E-state index in [1.54, 1.807) is 23.3 Å². The Morgan fingerprint density at radius 3 is 2.44 bits per heavy atom. The number of halogens is 3. The minimum Gasteiger partial charge on any atom is -0.373 e. The highest BCUT2D eigenvalue weighted by Crippen LogP contribution is 2.34. The summed E-state index contributed by atoms with van der Waals surface area (Å²) in [4.78, 5) is 21.7. The van der Waals surface area contributed by atoms with E-state index in [-0.39, 0.29) is 19.0 Å². The van der Waals surface area contributed by atoms with Crippen molar-refractivity contribution in [1.82, 2.24) is 24.6 Å². The smallest absolute Gasteiger partial charge is 0.373 e. The lowest BCUT2D eigenvalue weighted by Gasteiger charge is -2.36. The van der Waals surface area contributed by atoms with Crippen LogP contribution >= 0.6 is 0 Å². The van der Waals surface area contributed by atoms with E-state index in [9.17, 15) is 23.1 Å². The van der Waals surface area contributed by atoms with Crippen LogP contribution in [0.5, 0.6) is 0 Å². The van der Waals surface area contributed by atoms with Crippen LogP contribution in [0.4, 0.5) is 13.2 Å². The fraction of sp³-hybridized carbons (Fsp3) is 0.529. The van der Waals surface area contributed by atoms with Crippen LogP contribution < -0.4 is 0 Å². The van der Waals surface area contributed by atoms with E-state index >= 15 is 0 Å². The van der Waals surface area contributed by atoms with Gasteiger partial charge in [0.15, 0.2) is 5.82 Å². The molecule has 0 saturated carbocycles. The minimum atomic E-state index is -5.01. The zero-order valence-corrected chi connectivity index (χ0v) is 14.9. The Balaban J connectivity index is 1.71. The molecule has 0 aromatic carbocycles. The number of hydrogen-bond acceptors (Lipinski definition) is 5. The Morgan fingerprint density at radius 1 is 1.22 bits per heavy atom. The number of likely N-dealkylation sites (tertiary alicyclic amines) is 1. The number of aromatic nitrogens is 4. The van der Waals surface area contributed by atoms with Crippen LogP contribution in [0, 0.1) is 6.92 Å². The number of amides is 1. The lowest BCUT2D eigenvalue weighted by Crippen LogP contribution is -2.57. The number of carbonyl (C=O) groups is 1. The van der Waals surface area contributed by atoms with Crippen molar-refractivity contribution in [2.75, 3.05) is 13.1 Å². The van der Waals surface area contributed by atoms with Crippen LogP contribution in [0.1, 0.15) is 37.1 Å². The fourth-order valence-electron chi connectivity index (χ4n) is 3.12. The molecule has 0 spiro atoms. The molecule has 27 heavy (non-hydrogen) atoms. The van der Waals surface area contributed by atoms with Crippen LogP contribution in [0.3, 0.4) is 0 Å². The highest BCUT2D eigenvalue weighted by Gasteiger charge is 2.57. The summed E-state index contributed by atoms with van der Waals surface area (Å²) in [5.41, 5.74) is -1.74. The van der Waals surface area contributed by atoms with Crippen LogP contribution in [0.15, 0.2) is 24.7 Å². The lowest BCUT2D eigenvalue weighted by molar-refractivity contribution is -0.250. The first-order chi connectivity index (χ1) is 12.6. The number of aliphatic hydroxyl groups is 1. The Hall–Kier alpha value is -2.49. The SMILES string of the molecule is Cc1cnc(-n2nccc2C2CCN(C(=O)C(C)(O)C(F)(F)F)CC2)cn1. The van der Waals surface area contributed by atoms with Gasteiger partial charge in [-0.05, 0) is 32.8 Å². The van der Waals surface area contributed by atoms with Gasteiger partial charge in [-0.15, -0.1) is 0 Å². The average molecular weight is 383 g/mol. The monoisotopic (exact) mass is 383 g/mol. The molecule has 0 radical (unpaired) electrons. The summed E-state index contributed by atoms with van der Waals surface area (Å²) in [6.07, 6.45) is 0.772. The standard InChI is InChI=1S/C17H20F3N5O2/c1-11-9-22-14(10-21-11)25-13(3-6-23-25)12-4-7-24(8-5-12)15(26)16(2,27)17(18,19)20/h3,6,9-10,12,27H,4-5,7-8H2,1-2H3.